The van der Waals surface area contributed by atoms with Crippen molar-refractivity contribution in [3.8, 4) is 0 Å². The lowest BCUT2D eigenvalue weighted by atomic mass is 9.91. The van der Waals surface area contributed by atoms with E-state index in [1.807, 2.05) is 44.2 Å². The largest absolute Gasteiger partial charge is 0.480 e. The van der Waals surface area contributed by atoms with Crippen LogP contribution in [-0.2, 0) is 15.1 Å². The zero-order valence-corrected chi connectivity index (χ0v) is 13.8. The molecule has 4 nitrogen and oxygen atoms in total. The van der Waals surface area contributed by atoms with E-state index >= 15 is 0 Å². The molecule has 0 saturated heterocycles. The van der Waals surface area contributed by atoms with Gasteiger partial charge in [-0.3, -0.25) is 5.32 Å². The molecule has 1 aromatic carbocycles. The second-order valence-corrected chi connectivity index (χ2v) is 6.38. The van der Waals surface area contributed by atoms with Crippen LogP contribution in [0.15, 0.2) is 30.3 Å². The van der Waals surface area contributed by atoms with E-state index in [1.54, 1.807) is 18.9 Å². The zero-order chi connectivity index (χ0) is 15.7. The first-order chi connectivity index (χ1) is 10.0. The molecule has 1 atom stereocenters. The van der Waals surface area contributed by atoms with Gasteiger partial charge in [0, 0.05) is 25.5 Å². The molecule has 0 fully saturated rings. The Balaban J connectivity index is 2.89. The van der Waals surface area contributed by atoms with Crippen LogP contribution in [0.3, 0.4) is 0 Å². The fraction of sp³-hybridized carbons (Fsp3) is 0.562. The summed E-state index contributed by atoms with van der Waals surface area (Å²) in [6, 6.07) is 9.49. The van der Waals surface area contributed by atoms with Gasteiger partial charge < -0.3 is 9.84 Å². The van der Waals surface area contributed by atoms with Crippen molar-refractivity contribution in [1.82, 2.24) is 5.32 Å². The Labute approximate surface area is 131 Å². The first-order valence-corrected chi connectivity index (χ1v) is 8.31. The molecule has 0 heterocycles. The highest BCUT2D eigenvalue weighted by molar-refractivity contribution is 7.99. The number of ether oxygens (including phenoxy) is 1. The smallest absolute Gasteiger partial charge is 0.329 e. The number of rotatable bonds is 10. The van der Waals surface area contributed by atoms with E-state index in [2.05, 4.69) is 5.32 Å². The Bertz CT molecular complexity index is 425. The van der Waals surface area contributed by atoms with Crippen molar-refractivity contribution in [1.29, 1.82) is 0 Å². The summed E-state index contributed by atoms with van der Waals surface area (Å²) >= 11 is 1.64. The first kappa shape index (κ1) is 18.0. The third-order valence-corrected chi connectivity index (χ3v) is 4.34. The van der Waals surface area contributed by atoms with Crippen LogP contribution in [0, 0.1) is 0 Å². The highest BCUT2D eigenvalue weighted by Gasteiger charge is 2.40. The number of carboxylic acids is 1. The Hall–Kier alpha value is -1.04. The lowest BCUT2D eigenvalue weighted by Gasteiger charge is -2.33. The van der Waals surface area contributed by atoms with Crippen molar-refractivity contribution in [3.05, 3.63) is 35.9 Å². The monoisotopic (exact) mass is 311 g/mol. The van der Waals surface area contributed by atoms with E-state index in [0.29, 0.717) is 12.4 Å². The van der Waals surface area contributed by atoms with Crippen LogP contribution in [0.1, 0.15) is 25.8 Å². The van der Waals surface area contributed by atoms with Crippen molar-refractivity contribution in [2.45, 2.75) is 31.8 Å². The molecule has 0 aliphatic heterocycles. The summed E-state index contributed by atoms with van der Waals surface area (Å²) in [6.45, 7) is 4.64. The maximum atomic E-state index is 12.0. The van der Waals surface area contributed by atoms with Crippen LogP contribution in [0.5, 0.6) is 0 Å². The van der Waals surface area contributed by atoms with E-state index in [1.165, 1.54) is 0 Å². The molecular weight excluding hydrogens is 286 g/mol. The van der Waals surface area contributed by atoms with Crippen LogP contribution in [-0.4, -0.2) is 42.3 Å². The predicted molar refractivity (Wildman–Crippen MR) is 87.8 cm³/mol. The van der Waals surface area contributed by atoms with Crippen LogP contribution < -0.4 is 5.32 Å². The number of methoxy groups -OCH3 is 1. The van der Waals surface area contributed by atoms with Crippen LogP contribution >= 0.6 is 11.8 Å². The third-order valence-electron chi connectivity index (χ3n) is 3.12. The molecule has 1 unspecified atom stereocenters. The molecule has 0 aromatic heterocycles. The second-order valence-electron chi connectivity index (χ2n) is 5.27. The number of carboxylic acid groups (broad SMARTS) is 1. The molecule has 0 radical (unpaired) electrons. The fourth-order valence-electron chi connectivity index (χ4n) is 2.20. The van der Waals surface area contributed by atoms with Gasteiger partial charge in [0.15, 0.2) is 5.54 Å². The number of aliphatic carboxylic acids is 1. The van der Waals surface area contributed by atoms with Crippen LogP contribution in [0.4, 0.5) is 0 Å². The van der Waals surface area contributed by atoms with Gasteiger partial charge in [-0.05, 0) is 31.6 Å². The molecule has 1 aromatic rings. The van der Waals surface area contributed by atoms with E-state index in [4.69, 9.17) is 4.74 Å². The Morgan fingerprint density at radius 2 is 2.05 bits per heavy atom. The van der Waals surface area contributed by atoms with Crippen molar-refractivity contribution in [3.63, 3.8) is 0 Å². The summed E-state index contributed by atoms with van der Waals surface area (Å²) < 4.78 is 5.03. The fourth-order valence-corrected chi connectivity index (χ4v) is 3.35. The summed E-state index contributed by atoms with van der Waals surface area (Å²) in [5, 5.41) is 13.1. The summed E-state index contributed by atoms with van der Waals surface area (Å²) in [6.07, 6.45) is 0.924. The SMILES string of the molecule is COCCCSCC(NC(C)C)(C(=O)O)c1ccccc1. The Morgan fingerprint density at radius 3 is 2.57 bits per heavy atom. The highest BCUT2D eigenvalue weighted by Crippen LogP contribution is 2.27. The quantitative estimate of drug-likeness (QED) is 0.651. The maximum Gasteiger partial charge on any atom is 0.329 e. The Morgan fingerprint density at radius 1 is 1.38 bits per heavy atom. The molecule has 0 aliphatic rings. The zero-order valence-electron chi connectivity index (χ0n) is 13.0. The normalized spacial score (nSPS) is 14.1. The standard InChI is InChI=1S/C16H25NO3S/c1-13(2)17-16(15(18)19,12-21-11-7-10-20-3)14-8-5-4-6-9-14/h4-6,8-9,13,17H,7,10-12H2,1-3H3,(H,18,19). The molecule has 0 aliphatic carbocycles. The number of benzene rings is 1. The lowest BCUT2D eigenvalue weighted by Crippen LogP contribution is -2.54. The van der Waals surface area contributed by atoms with Gasteiger partial charge in [-0.2, -0.15) is 11.8 Å². The molecule has 0 saturated carbocycles. The molecule has 1 rings (SSSR count). The van der Waals surface area contributed by atoms with E-state index in [9.17, 15) is 9.90 Å². The number of hydrogen-bond acceptors (Lipinski definition) is 4. The topological polar surface area (TPSA) is 58.6 Å². The minimum atomic E-state index is -1.05. The third kappa shape index (κ3) is 5.34. The van der Waals surface area contributed by atoms with Crippen molar-refractivity contribution >= 4 is 17.7 Å². The molecule has 118 valence electrons. The summed E-state index contributed by atoms with van der Waals surface area (Å²) in [5.41, 5.74) is -0.252. The average molecular weight is 311 g/mol. The predicted octanol–water partition coefficient (Wildman–Crippen LogP) is 2.73. The Kier molecular flexibility index (Phi) is 7.78. The lowest BCUT2D eigenvalue weighted by molar-refractivity contribution is -0.144. The van der Waals surface area contributed by atoms with Crippen molar-refractivity contribution in [2.24, 2.45) is 0 Å². The minimum absolute atomic E-state index is 0.0841. The molecule has 0 bridgehead atoms. The maximum absolute atomic E-state index is 12.0. The van der Waals surface area contributed by atoms with Gasteiger partial charge >= 0.3 is 5.97 Å². The molecule has 21 heavy (non-hydrogen) atoms. The van der Waals surface area contributed by atoms with Gasteiger partial charge in [-0.15, -0.1) is 0 Å². The van der Waals surface area contributed by atoms with E-state index in [-0.39, 0.29) is 6.04 Å². The molecular formula is C16H25NO3S. The average Bonchev–Trinajstić information content (AvgIpc) is 2.46. The van der Waals surface area contributed by atoms with Gasteiger partial charge in [-0.1, -0.05) is 30.3 Å². The number of carbonyl (C=O) groups is 1. The number of hydrogen-bond donors (Lipinski definition) is 2. The van der Waals surface area contributed by atoms with Gasteiger partial charge in [0.2, 0.25) is 0 Å². The van der Waals surface area contributed by atoms with Gasteiger partial charge in [-0.25, -0.2) is 4.79 Å². The summed E-state index contributed by atoms with van der Waals surface area (Å²) in [7, 11) is 1.68. The number of nitrogens with one attached hydrogen (secondary N) is 1. The van der Waals surface area contributed by atoms with E-state index in [0.717, 1.165) is 17.7 Å². The highest BCUT2D eigenvalue weighted by atomic mass is 32.2. The molecule has 0 amide bonds. The first-order valence-electron chi connectivity index (χ1n) is 7.16. The van der Waals surface area contributed by atoms with E-state index < -0.39 is 11.5 Å². The molecule has 0 spiro atoms. The number of thioether (sulfide) groups is 1. The summed E-state index contributed by atoms with van der Waals surface area (Å²) in [4.78, 5) is 12.0. The van der Waals surface area contributed by atoms with Crippen molar-refractivity contribution in [2.75, 3.05) is 25.2 Å². The van der Waals surface area contributed by atoms with Crippen LogP contribution in [0.2, 0.25) is 0 Å². The second kappa shape index (κ2) is 9.07. The molecule has 5 heteroatoms. The molecule has 2 N–H and O–H groups in total. The van der Waals surface area contributed by atoms with Gasteiger partial charge in [0.25, 0.3) is 0 Å². The summed E-state index contributed by atoms with van der Waals surface area (Å²) in [5.74, 6) is 0.547. The van der Waals surface area contributed by atoms with Gasteiger partial charge in [0.05, 0.1) is 0 Å². The van der Waals surface area contributed by atoms with Gasteiger partial charge in [0.1, 0.15) is 0 Å². The van der Waals surface area contributed by atoms with Crippen LogP contribution in [0.25, 0.3) is 0 Å². The van der Waals surface area contributed by atoms with Crippen molar-refractivity contribution < 1.29 is 14.6 Å². The minimum Gasteiger partial charge on any atom is -0.480 e.